The van der Waals surface area contributed by atoms with Gasteiger partial charge in [-0.15, -0.1) is 0 Å². The van der Waals surface area contributed by atoms with E-state index < -0.39 is 11.9 Å². The lowest BCUT2D eigenvalue weighted by molar-refractivity contribution is -0.143. The molecule has 1 aliphatic carbocycles. The summed E-state index contributed by atoms with van der Waals surface area (Å²) in [6.45, 7) is 5.36. The van der Waals surface area contributed by atoms with E-state index in [0.29, 0.717) is 18.8 Å². The molecule has 4 atom stereocenters. The van der Waals surface area contributed by atoms with Crippen molar-refractivity contribution in [1.29, 1.82) is 0 Å². The van der Waals surface area contributed by atoms with Gasteiger partial charge in [-0.25, -0.2) is 0 Å². The Balaban J connectivity index is 2.88. The van der Waals surface area contributed by atoms with E-state index in [4.69, 9.17) is 5.11 Å². The van der Waals surface area contributed by atoms with Gasteiger partial charge in [0, 0.05) is 6.42 Å². The van der Waals surface area contributed by atoms with E-state index in [-0.39, 0.29) is 17.6 Å². The van der Waals surface area contributed by atoms with Crippen LogP contribution in [0.1, 0.15) is 46.5 Å². The van der Waals surface area contributed by atoms with Gasteiger partial charge >= 0.3 is 5.97 Å². The van der Waals surface area contributed by atoms with Crippen LogP contribution in [0.5, 0.6) is 0 Å². The molecule has 4 nitrogen and oxygen atoms in total. The minimum atomic E-state index is -0.829. The SMILES string of the molecule is CC(=O)CC[C@@H]1/C(=C\O)[C@H]([C@@H](C)C(=O)O)CC[C@H]1C. The Labute approximate surface area is 114 Å². The van der Waals surface area contributed by atoms with Crippen molar-refractivity contribution in [3.05, 3.63) is 11.8 Å². The lowest BCUT2D eigenvalue weighted by Gasteiger charge is -2.38. The van der Waals surface area contributed by atoms with Gasteiger partial charge in [0.1, 0.15) is 5.78 Å². The van der Waals surface area contributed by atoms with E-state index in [0.717, 1.165) is 24.7 Å². The molecular formula is C15H24O4. The van der Waals surface area contributed by atoms with Gasteiger partial charge in [-0.3, -0.25) is 4.79 Å². The highest BCUT2D eigenvalue weighted by Gasteiger charge is 2.37. The summed E-state index contributed by atoms with van der Waals surface area (Å²) in [6.07, 6.45) is 4.01. The lowest BCUT2D eigenvalue weighted by Crippen LogP contribution is -2.33. The quantitative estimate of drug-likeness (QED) is 0.751. The van der Waals surface area contributed by atoms with Gasteiger partial charge in [-0.05, 0) is 49.5 Å². The molecule has 1 aliphatic rings. The third-order valence-electron chi connectivity index (χ3n) is 4.43. The third kappa shape index (κ3) is 3.82. The van der Waals surface area contributed by atoms with E-state index >= 15 is 0 Å². The molecule has 0 amide bonds. The van der Waals surface area contributed by atoms with Crippen molar-refractivity contribution in [2.24, 2.45) is 23.7 Å². The zero-order valence-corrected chi connectivity index (χ0v) is 11.9. The van der Waals surface area contributed by atoms with Crippen molar-refractivity contribution in [3.63, 3.8) is 0 Å². The first-order chi connectivity index (χ1) is 8.88. The van der Waals surface area contributed by atoms with Crippen molar-refractivity contribution >= 4 is 11.8 Å². The second-order valence-electron chi connectivity index (χ2n) is 5.76. The summed E-state index contributed by atoms with van der Waals surface area (Å²) in [7, 11) is 0. The van der Waals surface area contributed by atoms with Crippen LogP contribution in [0.2, 0.25) is 0 Å². The van der Waals surface area contributed by atoms with Crippen LogP contribution in [0, 0.1) is 23.7 Å². The number of carbonyl (C=O) groups is 2. The zero-order valence-electron chi connectivity index (χ0n) is 11.9. The predicted octanol–water partition coefficient (Wildman–Crippen LogP) is 3.18. The fraction of sp³-hybridized carbons (Fsp3) is 0.733. The maximum Gasteiger partial charge on any atom is 0.306 e. The van der Waals surface area contributed by atoms with E-state index in [9.17, 15) is 14.7 Å². The fourth-order valence-corrected chi connectivity index (χ4v) is 3.13. The average Bonchev–Trinajstić information content (AvgIpc) is 2.35. The first-order valence-electron chi connectivity index (χ1n) is 6.94. The summed E-state index contributed by atoms with van der Waals surface area (Å²) in [4.78, 5) is 22.3. The van der Waals surface area contributed by atoms with Crippen LogP contribution in [0.25, 0.3) is 0 Å². The molecule has 0 aromatic rings. The molecule has 0 aromatic carbocycles. The van der Waals surface area contributed by atoms with Crippen molar-refractivity contribution in [2.45, 2.75) is 46.5 Å². The minimum absolute atomic E-state index is 0.115. The number of carbonyl (C=O) groups excluding carboxylic acids is 1. The molecule has 2 N–H and O–H groups in total. The molecule has 0 spiro atoms. The number of aliphatic carboxylic acids is 1. The Morgan fingerprint density at radius 3 is 2.53 bits per heavy atom. The molecule has 0 heterocycles. The van der Waals surface area contributed by atoms with Gasteiger partial charge < -0.3 is 15.0 Å². The molecule has 19 heavy (non-hydrogen) atoms. The van der Waals surface area contributed by atoms with Crippen LogP contribution in [0.4, 0.5) is 0 Å². The summed E-state index contributed by atoms with van der Waals surface area (Å²) >= 11 is 0. The van der Waals surface area contributed by atoms with Crippen LogP contribution < -0.4 is 0 Å². The van der Waals surface area contributed by atoms with Gasteiger partial charge in [-0.1, -0.05) is 13.8 Å². The highest BCUT2D eigenvalue weighted by molar-refractivity contribution is 5.75. The van der Waals surface area contributed by atoms with Gasteiger partial charge in [0.15, 0.2) is 0 Å². The van der Waals surface area contributed by atoms with E-state index in [1.165, 1.54) is 0 Å². The first kappa shape index (κ1) is 15.7. The second-order valence-corrected chi connectivity index (χ2v) is 5.76. The van der Waals surface area contributed by atoms with Gasteiger partial charge in [0.2, 0.25) is 0 Å². The van der Waals surface area contributed by atoms with E-state index in [2.05, 4.69) is 6.92 Å². The molecule has 0 saturated heterocycles. The number of allylic oxidation sites excluding steroid dienone is 1. The number of aliphatic hydroxyl groups excluding tert-OH is 1. The third-order valence-corrected chi connectivity index (χ3v) is 4.43. The van der Waals surface area contributed by atoms with Crippen LogP contribution in [-0.4, -0.2) is 22.0 Å². The Bertz CT molecular complexity index is 372. The number of hydrogen-bond acceptors (Lipinski definition) is 3. The van der Waals surface area contributed by atoms with Crippen molar-refractivity contribution in [1.82, 2.24) is 0 Å². The standard InChI is InChI=1S/C15H24O4/c1-9-4-6-13(11(3)15(18)19)14(8-16)12(9)7-5-10(2)17/h8-9,11-13,16H,4-7H2,1-3H3,(H,18,19)/b14-8+/t9-,11-,12+,13+/m1/s1. The Hall–Kier alpha value is -1.32. The van der Waals surface area contributed by atoms with Crippen LogP contribution >= 0.6 is 0 Å². The monoisotopic (exact) mass is 268 g/mol. The van der Waals surface area contributed by atoms with Crippen LogP contribution in [0.15, 0.2) is 11.8 Å². The van der Waals surface area contributed by atoms with Crippen LogP contribution in [-0.2, 0) is 9.59 Å². The molecule has 0 radical (unpaired) electrons. The molecule has 4 heteroatoms. The molecule has 0 unspecified atom stereocenters. The normalized spacial score (nSPS) is 31.1. The van der Waals surface area contributed by atoms with Crippen molar-refractivity contribution < 1.29 is 19.8 Å². The highest BCUT2D eigenvalue weighted by Crippen LogP contribution is 2.43. The Kier molecular flexibility index (Phi) is 5.58. The first-order valence-corrected chi connectivity index (χ1v) is 6.94. The molecule has 1 fully saturated rings. The summed E-state index contributed by atoms with van der Waals surface area (Å²) in [5.74, 6) is -0.798. The number of carboxylic acids is 1. The molecule has 108 valence electrons. The summed E-state index contributed by atoms with van der Waals surface area (Å²) < 4.78 is 0. The number of carboxylic acid groups (broad SMARTS) is 1. The lowest BCUT2D eigenvalue weighted by atomic mass is 9.66. The van der Waals surface area contributed by atoms with E-state index in [1.807, 2.05) is 0 Å². The second kappa shape index (κ2) is 6.73. The highest BCUT2D eigenvalue weighted by atomic mass is 16.4. The Morgan fingerprint density at radius 2 is 2.05 bits per heavy atom. The number of rotatable bonds is 5. The smallest absolute Gasteiger partial charge is 0.306 e. The maximum absolute atomic E-state index is 11.2. The van der Waals surface area contributed by atoms with Gasteiger partial charge in [-0.2, -0.15) is 0 Å². The number of ketones is 1. The molecule has 1 rings (SSSR count). The van der Waals surface area contributed by atoms with Crippen molar-refractivity contribution in [2.75, 3.05) is 0 Å². The summed E-state index contributed by atoms with van der Waals surface area (Å²) in [5.41, 5.74) is 0.815. The number of hydrogen-bond donors (Lipinski definition) is 2. The fourth-order valence-electron chi connectivity index (χ4n) is 3.13. The molecule has 0 bridgehead atoms. The molecule has 1 saturated carbocycles. The molecular weight excluding hydrogens is 244 g/mol. The summed E-state index contributed by atoms with van der Waals surface area (Å²) in [5, 5.41) is 18.7. The number of aliphatic hydroxyl groups is 1. The summed E-state index contributed by atoms with van der Waals surface area (Å²) in [6, 6.07) is 0. The number of Topliss-reactive ketones (excluding diaryl/α,β-unsaturated/α-hetero) is 1. The minimum Gasteiger partial charge on any atom is -0.516 e. The average molecular weight is 268 g/mol. The predicted molar refractivity (Wildman–Crippen MR) is 72.8 cm³/mol. The molecule has 0 aromatic heterocycles. The Morgan fingerprint density at radius 1 is 1.42 bits per heavy atom. The van der Waals surface area contributed by atoms with Crippen LogP contribution in [0.3, 0.4) is 0 Å². The largest absolute Gasteiger partial charge is 0.516 e. The topological polar surface area (TPSA) is 74.6 Å². The van der Waals surface area contributed by atoms with Gasteiger partial charge in [0.25, 0.3) is 0 Å². The molecule has 0 aliphatic heterocycles. The van der Waals surface area contributed by atoms with Crippen molar-refractivity contribution in [3.8, 4) is 0 Å². The zero-order chi connectivity index (χ0) is 14.6. The van der Waals surface area contributed by atoms with Gasteiger partial charge in [0.05, 0.1) is 12.2 Å². The maximum atomic E-state index is 11.2. The van der Waals surface area contributed by atoms with E-state index in [1.54, 1.807) is 13.8 Å².